The lowest BCUT2D eigenvalue weighted by atomic mass is 10.1. The molecule has 0 aliphatic heterocycles. The molecule has 1 heterocycles. The van der Waals surface area contributed by atoms with Crippen LogP contribution in [0.5, 0.6) is 0 Å². The second-order valence-electron chi connectivity index (χ2n) is 4.53. The molecule has 5 nitrogen and oxygen atoms in total. The summed E-state index contributed by atoms with van der Waals surface area (Å²) in [4.78, 5) is 4.18. The number of aryl methyl sites for hydroxylation is 2. The molecule has 0 unspecified atom stereocenters. The van der Waals surface area contributed by atoms with Crippen molar-refractivity contribution in [1.29, 1.82) is 0 Å². The average molecular weight is 291 g/mol. The second kappa shape index (κ2) is 5.50. The molecule has 20 heavy (non-hydrogen) atoms. The third kappa shape index (κ3) is 3.08. The molecule has 2 aromatic rings. The Hall–Kier alpha value is -2.08. The van der Waals surface area contributed by atoms with Gasteiger partial charge in [-0.2, -0.15) is 0 Å². The van der Waals surface area contributed by atoms with Crippen LogP contribution in [-0.2, 0) is 10.0 Å². The molecule has 0 radical (unpaired) electrons. The smallest absolute Gasteiger partial charge is 0.262 e. The van der Waals surface area contributed by atoms with Gasteiger partial charge in [0, 0.05) is 25.0 Å². The molecule has 106 valence electrons. The van der Waals surface area contributed by atoms with Gasteiger partial charge in [0.2, 0.25) is 0 Å². The number of nitrogens with one attached hydrogen (secondary N) is 2. The van der Waals surface area contributed by atoms with Gasteiger partial charge in [0.25, 0.3) is 10.0 Å². The Bertz CT molecular complexity index is 727. The van der Waals surface area contributed by atoms with Crippen LogP contribution < -0.4 is 10.0 Å². The predicted octanol–water partition coefficient (Wildman–Crippen LogP) is 2.54. The zero-order valence-corrected chi connectivity index (χ0v) is 12.5. The topological polar surface area (TPSA) is 71.1 Å². The van der Waals surface area contributed by atoms with E-state index in [0.717, 1.165) is 11.1 Å². The molecule has 2 rings (SSSR count). The molecule has 0 saturated carbocycles. The maximum Gasteiger partial charge on any atom is 0.262 e. The number of hydrogen-bond acceptors (Lipinski definition) is 4. The van der Waals surface area contributed by atoms with Crippen molar-refractivity contribution in [1.82, 2.24) is 4.98 Å². The Morgan fingerprint density at radius 1 is 1.05 bits per heavy atom. The highest BCUT2D eigenvalue weighted by Crippen LogP contribution is 2.19. The van der Waals surface area contributed by atoms with Gasteiger partial charge in [-0.3, -0.25) is 4.72 Å². The van der Waals surface area contributed by atoms with Crippen molar-refractivity contribution in [3.63, 3.8) is 0 Å². The Balaban J connectivity index is 2.32. The molecule has 0 aliphatic carbocycles. The molecule has 0 spiro atoms. The van der Waals surface area contributed by atoms with Crippen molar-refractivity contribution in [2.75, 3.05) is 17.1 Å². The van der Waals surface area contributed by atoms with E-state index in [2.05, 4.69) is 15.0 Å². The summed E-state index contributed by atoms with van der Waals surface area (Å²) in [6.45, 7) is 3.92. The minimum atomic E-state index is -3.61. The second-order valence-corrected chi connectivity index (χ2v) is 6.21. The molecular weight excluding hydrogens is 274 g/mol. The summed E-state index contributed by atoms with van der Waals surface area (Å²) in [7, 11) is -1.92. The summed E-state index contributed by atoms with van der Waals surface area (Å²) in [6.07, 6.45) is 1.46. The highest BCUT2D eigenvalue weighted by atomic mass is 32.2. The number of nitrogens with zero attached hydrogens (tertiary/aromatic N) is 1. The van der Waals surface area contributed by atoms with Crippen molar-refractivity contribution >= 4 is 21.5 Å². The fraction of sp³-hybridized carbons (Fsp3) is 0.214. The third-order valence-electron chi connectivity index (χ3n) is 3.06. The number of rotatable bonds is 4. The van der Waals surface area contributed by atoms with E-state index in [1.807, 2.05) is 26.0 Å². The molecule has 6 heteroatoms. The van der Waals surface area contributed by atoms with Crippen molar-refractivity contribution in [2.45, 2.75) is 18.7 Å². The molecule has 0 atom stereocenters. The van der Waals surface area contributed by atoms with Crippen molar-refractivity contribution in [2.24, 2.45) is 0 Å². The lowest BCUT2D eigenvalue weighted by molar-refractivity contribution is 0.601. The molecule has 0 bridgehead atoms. The monoisotopic (exact) mass is 291 g/mol. The molecule has 0 fully saturated rings. The van der Waals surface area contributed by atoms with Gasteiger partial charge >= 0.3 is 0 Å². The summed E-state index contributed by atoms with van der Waals surface area (Å²) in [6, 6.07) is 8.40. The van der Waals surface area contributed by atoms with Crippen LogP contribution >= 0.6 is 0 Å². The van der Waals surface area contributed by atoms with E-state index in [0.29, 0.717) is 11.5 Å². The summed E-state index contributed by atoms with van der Waals surface area (Å²) in [5, 5.41) is 2.82. The summed E-state index contributed by atoms with van der Waals surface area (Å²) in [5.41, 5.74) is 2.71. The first-order valence-electron chi connectivity index (χ1n) is 6.16. The van der Waals surface area contributed by atoms with Crippen molar-refractivity contribution < 1.29 is 8.42 Å². The Kier molecular flexibility index (Phi) is 3.94. The van der Waals surface area contributed by atoms with Crippen LogP contribution in [0.4, 0.5) is 11.5 Å². The highest BCUT2D eigenvalue weighted by molar-refractivity contribution is 7.92. The van der Waals surface area contributed by atoms with Crippen LogP contribution in [0.3, 0.4) is 0 Å². The minimum Gasteiger partial charge on any atom is -0.373 e. The van der Waals surface area contributed by atoms with Crippen molar-refractivity contribution in [3.05, 3.63) is 47.7 Å². The SMILES string of the molecule is CNc1cc(S(=O)(=O)Nc2ccc(C)c(C)c2)ccn1. The Labute approximate surface area is 119 Å². The quantitative estimate of drug-likeness (QED) is 0.908. The number of benzene rings is 1. The number of anilines is 2. The van der Waals surface area contributed by atoms with E-state index in [1.54, 1.807) is 13.1 Å². The molecule has 1 aromatic heterocycles. The van der Waals surface area contributed by atoms with Gasteiger partial charge in [0.1, 0.15) is 5.82 Å². The van der Waals surface area contributed by atoms with E-state index in [4.69, 9.17) is 0 Å². The largest absolute Gasteiger partial charge is 0.373 e. The van der Waals surface area contributed by atoms with E-state index >= 15 is 0 Å². The van der Waals surface area contributed by atoms with Crippen LogP contribution in [0.1, 0.15) is 11.1 Å². The van der Waals surface area contributed by atoms with Crippen LogP contribution in [0.25, 0.3) is 0 Å². The lowest BCUT2D eigenvalue weighted by Crippen LogP contribution is -2.13. The highest BCUT2D eigenvalue weighted by Gasteiger charge is 2.15. The third-order valence-corrected chi connectivity index (χ3v) is 4.44. The maximum atomic E-state index is 12.3. The van der Waals surface area contributed by atoms with Crippen LogP contribution in [0.15, 0.2) is 41.4 Å². The van der Waals surface area contributed by atoms with Gasteiger partial charge in [-0.05, 0) is 43.2 Å². The molecular formula is C14H17N3O2S. The Morgan fingerprint density at radius 3 is 2.45 bits per heavy atom. The summed E-state index contributed by atoms with van der Waals surface area (Å²) >= 11 is 0. The van der Waals surface area contributed by atoms with Crippen LogP contribution in [0, 0.1) is 13.8 Å². The van der Waals surface area contributed by atoms with E-state index < -0.39 is 10.0 Å². The molecule has 0 aliphatic rings. The lowest BCUT2D eigenvalue weighted by Gasteiger charge is -2.10. The van der Waals surface area contributed by atoms with E-state index in [1.165, 1.54) is 18.3 Å². The fourth-order valence-corrected chi connectivity index (χ4v) is 2.80. The number of sulfonamides is 1. The van der Waals surface area contributed by atoms with Gasteiger partial charge in [-0.25, -0.2) is 13.4 Å². The number of aromatic nitrogens is 1. The van der Waals surface area contributed by atoms with E-state index in [-0.39, 0.29) is 4.90 Å². The predicted molar refractivity (Wildman–Crippen MR) is 80.5 cm³/mol. The summed E-state index contributed by atoms with van der Waals surface area (Å²) < 4.78 is 27.2. The van der Waals surface area contributed by atoms with Gasteiger partial charge < -0.3 is 5.32 Å². The molecule has 0 amide bonds. The average Bonchev–Trinajstić information content (AvgIpc) is 2.43. The van der Waals surface area contributed by atoms with Crippen LogP contribution in [-0.4, -0.2) is 20.4 Å². The van der Waals surface area contributed by atoms with Crippen molar-refractivity contribution in [3.8, 4) is 0 Å². The van der Waals surface area contributed by atoms with Gasteiger partial charge in [0.05, 0.1) is 4.90 Å². The summed E-state index contributed by atoms with van der Waals surface area (Å²) in [5.74, 6) is 0.507. The number of hydrogen-bond donors (Lipinski definition) is 2. The normalized spacial score (nSPS) is 11.2. The van der Waals surface area contributed by atoms with E-state index in [9.17, 15) is 8.42 Å². The zero-order valence-electron chi connectivity index (χ0n) is 11.6. The fourth-order valence-electron chi connectivity index (χ4n) is 1.73. The zero-order chi connectivity index (χ0) is 14.8. The first kappa shape index (κ1) is 14.3. The standard InChI is InChI=1S/C14H17N3O2S/c1-10-4-5-12(8-11(10)2)17-20(18,19)13-6-7-16-14(9-13)15-3/h4-9,17H,1-3H3,(H,15,16). The van der Waals surface area contributed by atoms with Crippen LogP contribution in [0.2, 0.25) is 0 Å². The maximum absolute atomic E-state index is 12.3. The first-order chi connectivity index (χ1) is 9.42. The number of pyridine rings is 1. The van der Waals surface area contributed by atoms with Gasteiger partial charge in [0.15, 0.2) is 0 Å². The molecule has 1 aromatic carbocycles. The van der Waals surface area contributed by atoms with Gasteiger partial charge in [-0.15, -0.1) is 0 Å². The minimum absolute atomic E-state index is 0.176. The first-order valence-corrected chi connectivity index (χ1v) is 7.64. The van der Waals surface area contributed by atoms with Gasteiger partial charge in [-0.1, -0.05) is 6.07 Å². The molecule has 2 N–H and O–H groups in total. The molecule has 0 saturated heterocycles. The Morgan fingerprint density at radius 2 is 1.80 bits per heavy atom.